The second-order valence-corrected chi connectivity index (χ2v) is 7.09. The molecule has 2 heterocycles. The summed E-state index contributed by atoms with van der Waals surface area (Å²) >= 11 is 0.806. The Balaban J connectivity index is 1.97. The third kappa shape index (κ3) is 3.61. The summed E-state index contributed by atoms with van der Waals surface area (Å²) in [5.74, 6) is -0.487. The van der Waals surface area contributed by atoms with Gasteiger partial charge in [-0.05, 0) is 55.4 Å². The lowest BCUT2D eigenvalue weighted by Crippen LogP contribution is -2.36. The predicted molar refractivity (Wildman–Crippen MR) is 104 cm³/mol. The number of rotatable bonds is 5. The molecule has 1 saturated heterocycles. The molecule has 1 aliphatic rings. The molecule has 1 aromatic carbocycles. The topological polar surface area (TPSA) is 94.6 Å². The SMILES string of the molecule is COc1cccc(-n2c(C)cc(/C=C3\SC(=O)N(CC(N)=O)C3=O)c2C)c1. The van der Waals surface area contributed by atoms with Crippen molar-refractivity contribution in [2.45, 2.75) is 13.8 Å². The van der Waals surface area contributed by atoms with E-state index in [0.717, 1.165) is 45.1 Å². The second kappa shape index (κ2) is 7.32. The van der Waals surface area contributed by atoms with Crippen molar-refractivity contribution in [2.75, 3.05) is 13.7 Å². The van der Waals surface area contributed by atoms with Crippen LogP contribution in [0.1, 0.15) is 17.0 Å². The normalized spacial score (nSPS) is 15.7. The van der Waals surface area contributed by atoms with E-state index >= 15 is 0 Å². The number of hydrogen-bond acceptors (Lipinski definition) is 5. The highest BCUT2D eigenvalue weighted by Gasteiger charge is 2.36. The Bertz CT molecular complexity index is 977. The Kier molecular flexibility index (Phi) is 5.09. The number of aryl methyl sites for hydroxylation is 1. The van der Waals surface area contributed by atoms with Gasteiger partial charge in [-0.3, -0.25) is 19.3 Å². The van der Waals surface area contributed by atoms with Crippen LogP contribution in [0.15, 0.2) is 35.2 Å². The first-order chi connectivity index (χ1) is 12.8. The van der Waals surface area contributed by atoms with E-state index in [4.69, 9.17) is 10.5 Å². The molecule has 0 atom stereocenters. The minimum atomic E-state index is -0.727. The molecule has 0 aliphatic carbocycles. The smallest absolute Gasteiger partial charge is 0.294 e. The van der Waals surface area contributed by atoms with Gasteiger partial charge in [-0.1, -0.05) is 6.07 Å². The fraction of sp³-hybridized carbons (Fsp3) is 0.211. The molecular formula is C19H19N3O4S. The van der Waals surface area contributed by atoms with E-state index in [1.165, 1.54) is 0 Å². The van der Waals surface area contributed by atoms with E-state index in [0.29, 0.717) is 0 Å². The third-order valence-electron chi connectivity index (χ3n) is 4.26. The zero-order chi connectivity index (χ0) is 19.7. The van der Waals surface area contributed by atoms with E-state index in [9.17, 15) is 14.4 Å². The van der Waals surface area contributed by atoms with Crippen molar-refractivity contribution >= 4 is 34.9 Å². The first-order valence-corrected chi connectivity index (χ1v) is 9.00. The molecule has 0 radical (unpaired) electrons. The fourth-order valence-corrected chi connectivity index (χ4v) is 3.84. The maximum absolute atomic E-state index is 12.4. The molecule has 27 heavy (non-hydrogen) atoms. The van der Waals surface area contributed by atoms with Gasteiger partial charge in [0.15, 0.2) is 0 Å². The first-order valence-electron chi connectivity index (χ1n) is 8.19. The van der Waals surface area contributed by atoms with E-state index in [1.807, 2.05) is 48.7 Å². The van der Waals surface area contributed by atoms with Crippen LogP contribution in [-0.2, 0) is 9.59 Å². The van der Waals surface area contributed by atoms with Crippen LogP contribution in [0.25, 0.3) is 11.8 Å². The number of thioether (sulfide) groups is 1. The van der Waals surface area contributed by atoms with Crippen molar-refractivity contribution in [2.24, 2.45) is 5.73 Å². The van der Waals surface area contributed by atoms with E-state index < -0.39 is 23.6 Å². The summed E-state index contributed by atoms with van der Waals surface area (Å²) in [6.45, 7) is 3.49. The summed E-state index contributed by atoms with van der Waals surface area (Å²) in [4.78, 5) is 36.6. The van der Waals surface area contributed by atoms with Crippen LogP contribution in [-0.4, -0.2) is 40.2 Å². The van der Waals surface area contributed by atoms with Crippen LogP contribution < -0.4 is 10.5 Å². The summed E-state index contributed by atoms with van der Waals surface area (Å²) in [5.41, 5.74) is 8.75. The summed E-state index contributed by atoms with van der Waals surface area (Å²) in [6, 6.07) is 9.60. The molecular weight excluding hydrogens is 366 g/mol. The lowest BCUT2D eigenvalue weighted by atomic mass is 10.2. The summed E-state index contributed by atoms with van der Waals surface area (Å²) in [6.07, 6.45) is 1.67. The van der Waals surface area contributed by atoms with Gasteiger partial charge in [-0.2, -0.15) is 0 Å². The first kappa shape index (κ1) is 18.8. The molecule has 1 aromatic heterocycles. The van der Waals surface area contributed by atoms with Crippen molar-refractivity contribution < 1.29 is 19.1 Å². The number of imide groups is 1. The lowest BCUT2D eigenvalue weighted by Gasteiger charge is -2.11. The van der Waals surface area contributed by atoms with Crippen molar-refractivity contribution in [3.8, 4) is 11.4 Å². The predicted octanol–water partition coefficient (Wildman–Crippen LogP) is 2.62. The van der Waals surface area contributed by atoms with Gasteiger partial charge in [0, 0.05) is 23.1 Å². The van der Waals surface area contributed by atoms with Crippen LogP contribution in [0.3, 0.4) is 0 Å². The van der Waals surface area contributed by atoms with Crippen molar-refractivity contribution in [1.29, 1.82) is 0 Å². The quantitative estimate of drug-likeness (QED) is 0.799. The van der Waals surface area contributed by atoms with Gasteiger partial charge in [-0.15, -0.1) is 0 Å². The van der Waals surface area contributed by atoms with Gasteiger partial charge < -0.3 is 15.0 Å². The average molecular weight is 385 g/mol. The van der Waals surface area contributed by atoms with Gasteiger partial charge in [0.2, 0.25) is 5.91 Å². The number of amides is 3. The van der Waals surface area contributed by atoms with Crippen LogP contribution in [0.2, 0.25) is 0 Å². The molecule has 2 N–H and O–H groups in total. The van der Waals surface area contributed by atoms with Gasteiger partial charge in [0.05, 0.1) is 12.0 Å². The van der Waals surface area contributed by atoms with Crippen LogP contribution >= 0.6 is 11.8 Å². The van der Waals surface area contributed by atoms with Crippen molar-refractivity contribution in [1.82, 2.24) is 9.47 Å². The summed E-state index contributed by atoms with van der Waals surface area (Å²) < 4.78 is 7.33. The molecule has 8 heteroatoms. The summed E-state index contributed by atoms with van der Waals surface area (Å²) in [7, 11) is 1.61. The van der Waals surface area contributed by atoms with E-state index in [2.05, 4.69) is 0 Å². The molecule has 0 spiro atoms. The Labute approximate surface area is 160 Å². The summed E-state index contributed by atoms with van der Waals surface area (Å²) in [5, 5.41) is -0.494. The minimum absolute atomic E-state index is 0.271. The molecule has 0 bridgehead atoms. The largest absolute Gasteiger partial charge is 0.497 e. The van der Waals surface area contributed by atoms with Crippen LogP contribution in [0, 0.1) is 13.8 Å². The number of carbonyl (C=O) groups is 3. The van der Waals surface area contributed by atoms with Crippen molar-refractivity contribution in [3.05, 3.63) is 52.2 Å². The maximum atomic E-state index is 12.4. The van der Waals surface area contributed by atoms with Crippen LogP contribution in [0.5, 0.6) is 5.75 Å². The monoisotopic (exact) mass is 385 g/mol. The Hall–Kier alpha value is -3.00. The van der Waals surface area contributed by atoms with E-state index in [1.54, 1.807) is 13.2 Å². The zero-order valence-electron chi connectivity index (χ0n) is 15.2. The number of aromatic nitrogens is 1. The molecule has 0 saturated carbocycles. The number of hydrogen-bond donors (Lipinski definition) is 1. The average Bonchev–Trinajstić information content (AvgIpc) is 3.05. The molecule has 3 amide bonds. The highest BCUT2D eigenvalue weighted by atomic mass is 32.2. The third-order valence-corrected chi connectivity index (χ3v) is 5.16. The standard InChI is InChI=1S/C19H19N3O4S/c1-11-7-13(8-16-18(24)21(10-17(20)23)19(25)27-16)12(2)22(11)14-5-4-6-15(9-14)26-3/h4-9H,10H2,1-3H3,(H2,20,23)/b16-8-. The zero-order valence-corrected chi connectivity index (χ0v) is 16.0. The highest BCUT2D eigenvalue weighted by molar-refractivity contribution is 8.18. The molecule has 1 aliphatic heterocycles. The molecule has 7 nitrogen and oxygen atoms in total. The van der Waals surface area contributed by atoms with Gasteiger partial charge in [0.25, 0.3) is 11.1 Å². The molecule has 3 rings (SSSR count). The number of ether oxygens (including phenoxy) is 1. The fourth-order valence-electron chi connectivity index (χ4n) is 3.01. The number of nitrogens with two attached hydrogens (primary N) is 1. The van der Waals surface area contributed by atoms with E-state index in [-0.39, 0.29) is 4.91 Å². The molecule has 140 valence electrons. The Morgan fingerprint density at radius 3 is 2.67 bits per heavy atom. The van der Waals surface area contributed by atoms with Gasteiger partial charge >= 0.3 is 0 Å². The maximum Gasteiger partial charge on any atom is 0.294 e. The number of benzene rings is 1. The van der Waals surface area contributed by atoms with Crippen molar-refractivity contribution in [3.63, 3.8) is 0 Å². The van der Waals surface area contributed by atoms with Gasteiger partial charge in [0.1, 0.15) is 12.3 Å². The molecule has 2 aromatic rings. The minimum Gasteiger partial charge on any atom is -0.497 e. The molecule has 0 unspecified atom stereocenters. The number of methoxy groups -OCH3 is 1. The lowest BCUT2D eigenvalue weighted by molar-refractivity contribution is -0.127. The number of carbonyl (C=O) groups excluding carboxylic acids is 3. The Morgan fingerprint density at radius 1 is 1.26 bits per heavy atom. The molecule has 1 fully saturated rings. The Morgan fingerprint density at radius 2 is 2.00 bits per heavy atom. The van der Waals surface area contributed by atoms with Crippen LogP contribution in [0.4, 0.5) is 4.79 Å². The number of primary amides is 1. The second-order valence-electron chi connectivity index (χ2n) is 6.10. The highest BCUT2D eigenvalue weighted by Crippen LogP contribution is 2.33. The number of nitrogens with zero attached hydrogens (tertiary/aromatic N) is 2. The van der Waals surface area contributed by atoms with Gasteiger partial charge in [-0.25, -0.2) is 0 Å².